The zero-order chi connectivity index (χ0) is 39.7. The summed E-state index contributed by atoms with van der Waals surface area (Å²) in [5, 5.41) is 17.1. The fraction of sp³-hybridized carbons (Fsp3) is 0.800. The number of hydrogen-bond donors (Lipinski definition) is 2. The molecular weight excluding hydrogens is 728 g/mol. The van der Waals surface area contributed by atoms with Gasteiger partial charge < -0.3 is 10.2 Å². The molecule has 4 nitrogen and oxygen atoms in total. The number of hydrogen-bond acceptors (Lipinski definition) is 2. The van der Waals surface area contributed by atoms with Crippen molar-refractivity contribution >= 4 is 11.9 Å². The number of unbranched alkanes of at least 4 members (excludes halogenated alkanes) is 32. The molecule has 0 aliphatic rings. The van der Waals surface area contributed by atoms with Crippen LogP contribution in [0.5, 0.6) is 0 Å². The summed E-state index contributed by atoms with van der Waals surface area (Å²) < 4.78 is 0. The quantitative estimate of drug-likeness (QED) is 0.0375. The molecular formula is C50H84CuO4+2. The van der Waals surface area contributed by atoms with Crippen LogP contribution in [0, 0.1) is 47.4 Å². The molecule has 0 atom stereocenters. The van der Waals surface area contributed by atoms with E-state index in [1.54, 1.807) is 0 Å². The molecule has 0 aromatic carbocycles. The van der Waals surface area contributed by atoms with Gasteiger partial charge in [-0.05, 0) is 62.2 Å². The van der Waals surface area contributed by atoms with Crippen molar-refractivity contribution in [3.63, 3.8) is 0 Å². The van der Waals surface area contributed by atoms with Crippen molar-refractivity contribution in [1.82, 2.24) is 0 Å². The average Bonchev–Trinajstić information content (AvgIpc) is 3.15. The first-order valence-corrected chi connectivity index (χ1v) is 22.9. The standard InChI is InChI=1S/2C25H42O2.Cu/c2*1-2-3-4-5-6-7-8-9-10-11-12-13-14-15-16-17-18-19-20-21-22-23-24-25(26)27;/h2*2-12,17-24H2,1H3,(H,26,27);/q;;+2. The monoisotopic (exact) mass is 812 g/mol. The van der Waals surface area contributed by atoms with Crippen LogP contribution in [0.15, 0.2) is 0 Å². The Labute approximate surface area is 352 Å². The van der Waals surface area contributed by atoms with Gasteiger partial charge in [-0.3, -0.25) is 9.59 Å². The van der Waals surface area contributed by atoms with Crippen LogP contribution >= 0.6 is 0 Å². The third kappa shape index (κ3) is 61.1. The van der Waals surface area contributed by atoms with Crippen molar-refractivity contribution in [2.45, 2.75) is 258 Å². The second-order valence-electron chi connectivity index (χ2n) is 15.1. The van der Waals surface area contributed by atoms with Crippen LogP contribution < -0.4 is 0 Å². The SMILES string of the molecule is CCCCCCCCCCCCC#CC#CCCCCCCCCC(=O)O.CCCCCCCCCCCCC#CC#CCCCCCCCCC(=O)O.[Cu+2]. The molecule has 55 heavy (non-hydrogen) atoms. The van der Waals surface area contributed by atoms with E-state index in [1.807, 2.05) is 0 Å². The molecule has 0 bridgehead atoms. The number of carbonyl (C=O) groups is 2. The van der Waals surface area contributed by atoms with Crippen LogP contribution in [-0.2, 0) is 26.7 Å². The molecule has 0 saturated carbocycles. The molecule has 5 heteroatoms. The van der Waals surface area contributed by atoms with Crippen LogP contribution in [0.3, 0.4) is 0 Å². The average molecular weight is 813 g/mol. The minimum atomic E-state index is -0.681. The Kier molecular flexibility index (Phi) is 55.8. The molecule has 0 spiro atoms. The Morgan fingerprint density at radius 1 is 0.309 bits per heavy atom. The van der Waals surface area contributed by atoms with Crippen LogP contribution in [-0.4, -0.2) is 22.2 Å². The van der Waals surface area contributed by atoms with Gasteiger partial charge in [-0.25, -0.2) is 0 Å². The maximum Gasteiger partial charge on any atom is 2.00 e. The first-order valence-electron chi connectivity index (χ1n) is 22.9. The van der Waals surface area contributed by atoms with Gasteiger partial charge in [0.1, 0.15) is 0 Å². The van der Waals surface area contributed by atoms with E-state index in [-0.39, 0.29) is 17.1 Å². The topological polar surface area (TPSA) is 74.6 Å². The number of carboxylic acids is 2. The normalized spacial score (nSPS) is 9.78. The second kappa shape index (κ2) is 53.8. The molecule has 0 aliphatic heterocycles. The van der Waals surface area contributed by atoms with Crippen molar-refractivity contribution in [3.05, 3.63) is 0 Å². The minimum Gasteiger partial charge on any atom is -0.481 e. The number of rotatable bonds is 36. The van der Waals surface area contributed by atoms with Gasteiger partial charge in [0.2, 0.25) is 0 Å². The Bertz CT molecular complexity index is 982. The zero-order valence-electron chi connectivity index (χ0n) is 35.9. The predicted molar refractivity (Wildman–Crippen MR) is 233 cm³/mol. The van der Waals surface area contributed by atoms with Crippen LogP contribution in [0.2, 0.25) is 0 Å². The second-order valence-corrected chi connectivity index (χ2v) is 15.1. The third-order valence-electron chi connectivity index (χ3n) is 9.67. The van der Waals surface area contributed by atoms with E-state index in [0.717, 1.165) is 77.0 Å². The Morgan fingerprint density at radius 2 is 0.491 bits per heavy atom. The van der Waals surface area contributed by atoms with Gasteiger partial charge in [0.25, 0.3) is 0 Å². The molecule has 1 radical (unpaired) electrons. The first kappa shape index (κ1) is 57.0. The van der Waals surface area contributed by atoms with E-state index in [0.29, 0.717) is 12.8 Å². The third-order valence-corrected chi connectivity index (χ3v) is 9.67. The summed E-state index contributed by atoms with van der Waals surface area (Å²) in [5.41, 5.74) is 0. The Balaban J connectivity index is -0.000000966. The van der Waals surface area contributed by atoms with Gasteiger partial charge in [-0.1, -0.05) is 204 Å². The molecule has 0 aliphatic carbocycles. The van der Waals surface area contributed by atoms with Crippen molar-refractivity contribution < 1.29 is 36.9 Å². The summed E-state index contributed by atoms with van der Waals surface area (Å²) >= 11 is 0. The molecule has 2 N–H and O–H groups in total. The molecule has 0 unspecified atom stereocenters. The van der Waals surface area contributed by atoms with E-state index in [9.17, 15) is 9.59 Å². The Hall–Kier alpha value is -2.30. The van der Waals surface area contributed by atoms with E-state index < -0.39 is 11.9 Å². The fourth-order valence-electron chi connectivity index (χ4n) is 6.22. The van der Waals surface area contributed by atoms with Gasteiger partial charge >= 0.3 is 29.0 Å². The molecule has 0 heterocycles. The van der Waals surface area contributed by atoms with E-state index >= 15 is 0 Å². The zero-order valence-corrected chi connectivity index (χ0v) is 36.8. The van der Waals surface area contributed by atoms with Gasteiger partial charge in [-0.2, -0.15) is 0 Å². The summed E-state index contributed by atoms with van der Waals surface area (Å²) in [4.78, 5) is 20.8. The van der Waals surface area contributed by atoms with Crippen molar-refractivity contribution in [3.8, 4) is 47.4 Å². The molecule has 0 fully saturated rings. The number of carboxylic acid groups (broad SMARTS) is 2. The molecule has 0 amide bonds. The summed E-state index contributed by atoms with van der Waals surface area (Å²) in [5.74, 6) is 23.2. The molecule has 0 rings (SSSR count). The van der Waals surface area contributed by atoms with Crippen LogP contribution in [0.25, 0.3) is 0 Å². The Morgan fingerprint density at radius 3 is 0.691 bits per heavy atom. The van der Waals surface area contributed by atoms with Crippen LogP contribution in [0.4, 0.5) is 0 Å². The van der Waals surface area contributed by atoms with Gasteiger partial charge in [0.05, 0.1) is 0 Å². The maximum atomic E-state index is 10.4. The van der Waals surface area contributed by atoms with Crippen molar-refractivity contribution in [2.24, 2.45) is 0 Å². The maximum absolute atomic E-state index is 10.4. The largest absolute Gasteiger partial charge is 2.00 e. The smallest absolute Gasteiger partial charge is 0.481 e. The summed E-state index contributed by atoms with van der Waals surface area (Å²) in [7, 11) is 0. The van der Waals surface area contributed by atoms with E-state index in [4.69, 9.17) is 10.2 Å². The minimum absolute atomic E-state index is 0. The van der Waals surface area contributed by atoms with Gasteiger partial charge in [0.15, 0.2) is 0 Å². The van der Waals surface area contributed by atoms with Gasteiger partial charge in [-0.15, -0.1) is 0 Å². The predicted octanol–water partition coefficient (Wildman–Crippen LogP) is 15.0. The molecule has 0 saturated heterocycles. The van der Waals surface area contributed by atoms with E-state index in [2.05, 4.69) is 61.2 Å². The summed E-state index contributed by atoms with van der Waals surface area (Å²) in [6.07, 6.45) is 44.8. The summed E-state index contributed by atoms with van der Waals surface area (Å²) in [6.45, 7) is 4.54. The fourth-order valence-corrected chi connectivity index (χ4v) is 6.22. The molecule has 0 aromatic rings. The van der Waals surface area contributed by atoms with Crippen LogP contribution in [0.1, 0.15) is 258 Å². The first-order chi connectivity index (χ1) is 26.5. The number of aliphatic carboxylic acids is 2. The van der Waals surface area contributed by atoms with Crippen molar-refractivity contribution in [2.75, 3.05) is 0 Å². The van der Waals surface area contributed by atoms with Crippen molar-refractivity contribution in [1.29, 1.82) is 0 Å². The molecule has 0 aromatic heterocycles. The summed E-state index contributed by atoms with van der Waals surface area (Å²) in [6, 6.07) is 0. The molecule has 317 valence electrons. The van der Waals surface area contributed by atoms with E-state index in [1.165, 1.54) is 154 Å². The van der Waals surface area contributed by atoms with Gasteiger partial charge in [0, 0.05) is 38.5 Å².